The predicted octanol–water partition coefficient (Wildman–Crippen LogP) is 2.31. The Labute approximate surface area is 90.3 Å². The first-order chi connectivity index (χ1) is 6.72. The minimum atomic E-state index is 0.950. The molecule has 0 atom stereocenters. The van der Waals surface area contributed by atoms with Gasteiger partial charge < -0.3 is 9.80 Å². The van der Waals surface area contributed by atoms with Gasteiger partial charge >= 0.3 is 0 Å². The lowest BCUT2D eigenvalue weighted by atomic mass is 9.97. The van der Waals surface area contributed by atoms with Crippen molar-refractivity contribution in [1.29, 1.82) is 0 Å². The molecule has 86 valence electrons. The lowest BCUT2D eigenvalue weighted by Crippen LogP contribution is -2.35. The zero-order valence-corrected chi connectivity index (χ0v) is 10.7. The highest BCUT2D eigenvalue weighted by molar-refractivity contribution is 4.71. The second-order valence-electron chi connectivity index (χ2n) is 4.10. The molecular formula is C12H28N2. The summed E-state index contributed by atoms with van der Waals surface area (Å²) in [6.45, 7) is 11.3. The van der Waals surface area contributed by atoms with Gasteiger partial charge in [0.15, 0.2) is 0 Å². The number of nitrogens with zero attached hydrogens (tertiary/aromatic N) is 2. The maximum atomic E-state index is 2.43. The zero-order chi connectivity index (χ0) is 11.0. The lowest BCUT2D eigenvalue weighted by molar-refractivity contribution is 0.179. The Morgan fingerprint density at radius 2 is 1.71 bits per heavy atom. The molecule has 2 heteroatoms. The molecule has 1 rings (SSSR count). The molecule has 0 aromatic heterocycles. The van der Waals surface area contributed by atoms with Crippen molar-refractivity contribution < 1.29 is 0 Å². The monoisotopic (exact) mass is 200 g/mol. The van der Waals surface area contributed by atoms with E-state index in [4.69, 9.17) is 0 Å². The van der Waals surface area contributed by atoms with Crippen molar-refractivity contribution in [1.82, 2.24) is 9.80 Å². The number of hydrogen-bond donors (Lipinski definition) is 0. The van der Waals surface area contributed by atoms with Crippen molar-refractivity contribution in [3.8, 4) is 0 Å². The van der Waals surface area contributed by atoms with E-state index in [0.29, 0.717) is 0 Å². The Kier molecular flexibility index (Phi) is 8.20. The average Bonchev–Trinajstić information content (AvgIpc) is 2.24. The lowest BCUT2D eigenvalue weighted by Gasteiger charge is -2.31. The van der Waals surface area contributed by atoms with Crippen molar-refractivity contribution in [2.24, 2.45) is 5.92 Å². The molecule has 2 nitrogen and oxygen atoms in total. The van der Waals surface area contributed by atoms with E-state index in [0.717, 1.165) is 5.92 Å². The van der Waals surface area contributed by atoms with Crippen LogP contribution in [0.25, 0.3) is 0 Å². The van der Waals surface area contributed by atoms with E-state index >= 15 is 0 Å². The smallest absolute Gasteiger partial charge is 0.000744 e. The topological polar surface area (TPSA) is 6.48 Å². The molecule has 0 saturated carbocycles. The molecule has 1 aliphatic heterocycles. The largest absolute Gasteiger partial charge is 0.306 e. The summed E-state index contributed by atoms with van der Waals surface area (Å²) in [5.41, 5.74) is 0. The molecule has 0 N–H and O–H groups in total. The molecule has 0 bridgehead atoms. The number of piperidine rings is 1. The molecule has 1 aliphatic rings. The molecule has 0 aromatic rings. The fraction of sp³-hybridized carbons (Fsp3) is 1.00. The van der Waals surface area contributed by atoms with Crippen LogP contribution < -0.4 is 0 Å². The highest BCUT2D eigenvalue weighted by atomic mass is 15.1. The fourth-order valence-electron chi connectivity index (χ4n) is 1.81. The van der Waals surface area contributed by atoms with Gasteiger partial charge in [-0.25, -0.2) is 0 Å². The summed E-state index contributed by atoms with van der Waals surface area (Å²) >= 11 is 0. The van der Waals surface area contributed by atoms with Crippen molar-refractivity contribution >= 4 is 0 Å². The third-order valence-corrected chi connectivity index (χ3v) is 2.95. The maximum absolute atomic E-state index is 2.43. The molecular weight excluding hydrogens is 172 g/mol. The molecule has 0 aliphatic carbocycles. The van der Waals surface area contributed by atoms with Crippen LogP contribution in [0.4, 0.5) is 0 Å². The van der Waals surface area contributed by atoms with Gasteiger partial charge in [0.2, 0.25) is 0 Å². The number of hydrogen-bond acceptors (Lipinski definition) is 2. The van der Waals surface area contributed by atoms with Crippen LogP contribution in [0.15, 0.2) is 0 Å². The van der Waals surface area contributed by atoms with Crippen LogP contribution in [0.5, 0.6) is 0 Å². The molecule has 0 aromatic carbocycles. The number of rotatable bonds is 3. The van der Waals surface area contributed by atoms with Gasteiger partial charge in [0.25, 0.3) is 0 Å². The van der Waals surface area contributed by atoms with Crippen LogP contribution in [0, 0.1) is 5.92 Å². The standard InChI is InChI=1S/C10H22N2.C2H6/c1-4-11(2)9-10-5-7-12(3)8-6-10;1-2/h10H,4-9H2,1-3H3;1-2H3. The second kappa shape index (κ2) is 8.25. The van der Waals surface area contributed by atoms with Gasteiger partial charge in [-0.2, -0.15) is 0 Å². The summed E-state index contributed by atoms with van der Waals surface area (Å²) in [6, 6.07) is 0. The van der Waals surface area contributed by atoms with E-state index in [-0.39, 0.29) is 0 Å². The van der Waals surface area contributed by atoms with Crippen molar-refractivity contribution in [2.45, 2.75) is 33.6 Å². The first-order valence-electron chi connectivity index (χ1n) is 6.09. The van der Waals surface area contributed by atoms with Gasteiger partial charge in [0.05, 0.1) is 0 Å². The quantitative estimate of drug-likeness (QED) is 0.690. The molecule has 1 heterocycles. The summed E-state index contributed by atoms with van der Waals surface area (Å²) in [7, 11) is 4.44. The van der Waals surface area contributed by atoms with Crippen LogP contribution in [-0.2, 0) is 0 Å². The third kappa shape index (κ3) is 5.61. The molecule has 1 saturated heterocycles. The summed E-state index contributed by atoms with van der Waals surface area (Å²) in [4.78, 5) is 4.86. The van der Waals surface area contributed by atoms with E-state index in [1.165, 1.54) is 39.0 Å². The molecule has 0 unspecified atom stereocenters. The third-order valence-electron chi connectivity index (χ3n) is 2.95. The fourth-order valence-corrected chi connectivity index (χ4v) is 1.81. The summed E-state index contributed by atoms with van der Waals surface area (Å²) in [6.07, 6.45) is 2.78. The van der Waals surface area contributed by atoms with Crippen LogP contribution >= 0.6 is 0 Å². The van der Waals surface area contributed by atoms with Crippen molar-refractivity contribution in [2.75, 3.05) is 40.3 Å². The van der Waals surface area contributed by atoms with E-state index in [9.17, 15) is 0 Å². The first-order valence-corrected chi connectivity index (χ1v) is 6.09. The average molecular weight is 200 g/mol. The SMILES string of the molecule is CC.CCN(C)CC1CCN(C)CC1. The van der Waals surface area contributed by atoms with Gasteiger partial charge in [-0.05, 0) is 52.5 Å². The zero-order valence-electron chi connectivity index (χ0n) is 10.7. The molecule has 14 heavy (non-hydrogen) atoms. The van der Waals surface area contributed by atoms with Gasteiger partial charge in [0.1, 0.15) is 0 Å². The molecule has 0 spiro atoms. The van der Waals surface area contributed by atoms with Gasteiger partial charge in [-0.1, -0.05) is 20.8 Å². The van der Waals surface area contributed by atoms with Crippen LogP contribution in [0.3, 0.4) is 0 Å². The Morgan fingerprint density at radius 1 is 1.21 bits per heavy atom. The summed E-state index contributed by atoms with van der Waals surface area (Å²) in [5, 5.41) is 0. The highest BCUT2D eigenvalue weighted by Crippen LogP contribution is 2.16. The highest BCUT2D eigenvalue weighted by Gasteiger charge is 2.17. The van der Waals surface area contributed by atoms with Crippen LogP contribution in [0.1, 0.15) is 33.6 Å². The van der Waals surface area contributed by atoms with E-state index in [2.05, 4.69) is 30.8 Å². The summed E-state index contributed by atoms with van der Waals surface area (Å²) in [5.74, 6) is 0.950. The van der Waals surface area contributed by atoms with E-state index < -0.39 is 0 Å². The molecule has 0 amide bonds. The molecule has 0 radical (unpaired) electrons. The van der Waals surface area contributed by atoms with Crippen molar-refractivity contribution in [3.05, 3.63) is 0 Å². The van der Waals surface area contributed by atoms with Crippen molar-refractivity contribution in [3.63, 3.8) is 0 Å². The first kappa shape index (κ1) is 13.9. The Hall–Kier alpha value is -0.0800. The molecule has 1 fully saturated rings. The summed E-state index contributed by atoms with van der Waals surface area (Å²) < 4.78 is 0. The predicted molar refractivity (Wildman–Crippen MR) is 64.7 cm³/mol. The second-order valence-corrected chi connectivity index (χ2v) is 4.10. The Morgan fingerprint density at radius 3 is 2.14 bits per heavy atom. The van der Waals surface area contributed by atoms with Crippen LogP contribution in [-0.4, -0.2) is 50.1 Å². The maximum Gasteiger partial charge on any atom is 0.000744 e. The Balaban J connectivity index is 0.000000791. The number of likely N-dealkylation sites (tertiary alicyclic amines) is 1. The van der Waals surface area contributed by atoms with Crippen LogP contribution in [0.2, 0.25) is 0 Å². The van der Waals surface area contributed by atoms with Gasteiger partial charge in [-0.15, -0.1) is 0 Å². The van der Waals surface area contributed by atoms with Gasteiger partial charge in [-0.3, -0.25) is 0 Å². The minimum Gasteiger partial charge on any atom is -0.306 e. The normalized spacial score (nSPS) is 19.3. The van der Waals surface area contributed by atoms with E-state index in [1.807, 2.05) is 13.8 Å². The van der Waals surface area contributed by atoms with E-state index in [1.54, 1.807) is 0 Å². The Bertz CT molecular complexity index is 117. The van der Waals surface area contributed by atoms with Gasteiger partial charge in [0, 0.05) is 6.54 Å². The minimum absolute atomic E-state index is 0.950.